The van der Waals surface area contributed by atoms with Crippen LogP contribution in [0.5, 0.6) is 11.5 Å². The third-order valence-corrected chi connectivity index (χ3v) is 3.85. The molecule has 102 valence electrons. The zero-order chi connectivity index (χ0) is 13.5. The number of thioether (sulfide) groups is 1. The van der Waals surface area contributed by atoms with Gasteiger partial charge in [0.2, 0.25) is 0 Å². The molecule has 18 heavy (non-hydrogen) atoms. The SMILES string of the molecule is CCN(C)CCc1cc(OC)c(SC)cc1OC. The first-order valence-electron chi connectivity index (χ1n) is 6.13. The number of hydrogen-bond donors (Lipinski definition) is 0. The van der Waals surface area contributed by atoms with E-state index in [1.165, 1.54) is 5.56 Å². The quantitative estimate of drug-likeness (QED) is 0.710. The van der Waals surface area contributed by atoms with Crippen molar-refractivity contribution in [3.8, 4) is 11.5 Å². The van der Waals surface area contributed by atoms with Gasteiger partial charge in [-0.05, 0) is 44.0 Å². The first kappa shape index (κ1) is 15.2. The van der Waals surface area contributed by atoms with Crippen LogP contribution in [-0.4, -0.2) is 45.5 Å². The third-order valence-electron chi connectivity index (χ3n) is 3.09. The normalized spacial score (nSPS) is 10.8. The molecule has 0 atom stereocenters. The van der Waals surface area contributed by atoms with Crippen LogP contribution in [0.1, 0.15) is 12.5 Å². The fourth-order valence-electron chi connectivity index (χ4n) is 1.76. The lowest BCUT2D eigenvalue weighted by atomic mass is 10.1. The second-order valence-corrected chi connectivity index (χ2v) is 5.01. The molecule has 0 saturated carbocycles. The summed E-state index contributed by atoms with van der Waals surface area (Å²) in [5.41, 5.74) is 1.20. The zero-order valence-electron chi connectivity index (χ0n) is 11.9. The zero-order valence-corrected chi connectivity index (χ0v) is 12.8. The fraction of sp³-hybridized carbons (Fsp3) is 0.571. The van der Waals surface area contributed by atoms with E-state index in [1.54, 1.807) is 26.0 Å². The van der Waals surface area contributed by atoms with E-state index < -0.39 is 0 Å². The second kappa shape index (κ2) is 7.54. The van der Waals surface area contributed by atoms with Gasteiger partial charge >= 0.3 is 0 Å². The Hall–Kier alpha value is -0.870. The molecule has 0 aliphatic rings. The monoisotopic (exact) mass is 269 g/mol. The number of rotatable bonds is 7. The smallest absolute Gasteiger partial charge is 0.132 e. The highest BCUT2D eigenvalue weighted by atomic mass is 32.2. The van der Waals surface area contributed by atoms with Crippen LogP contribution in [0.4, 0.5) is 0 Å². The predicted molar refractivity (Wildman–Crippen MR) is 78.2 cm³/mol. The Morgan fingerprint density at radius 3 is 2.33 bits per heavy atom. The van der Waals surface area contributed by atoms with Crippen molar-refractivity contribution in [2.45, 2.75) is 18.2 Å². The van der Waals surface area contributed by atoms with Crippen LogP contribution in [0.3, 0.4) is 0 Å². The Morgan fingerprint density at radius 2 is 1.83 bits per heavy atom. The number of ether oxygens (including phenoxy) is 2. The Kier molecular flexibility index (Phi) is 6.36. The molecule has 0 aliphatic heterocycles. The number of methoxy groups -OCH3 is 2. The topological polar surface area (TPSA) is 21.7 Å². The molecule has 4 heteroatoms. The fourth-order valence-corrected chi connectivity index (χ4v) is 2.33. The average Bonchev–Trinajstić information content (AvgIpc) is 2.43. The van der Waals surface area contributed by atoms with Crippen molar-refractivity contribution in [3.63, 3.8) is 0 Å². The lowest BCUT2D eigenvalue weighted by Gasteiger charge is -2.17. The van der Waals surface area contributed by atoms with Gasteiger partial charge in [-0.1, -0.05) is 6.92 Å². The molecule has 1 rings (SSSR count). The van der Waals surface area contributed by atoms with E-state index in [-0.39, 0.29) is 0 Å². The average molecular weight is 269 g/mol. The molecule has 0 saturated heterocycles. The Bertz CT molecular complexity index is 382. The maximum atomic E-state index is 5.47. The summed E-state index contributed by atoms with van der Waals surface area (Å²) in [6.07, 6.45) is 3.01. The Morgan fingerprint density at radius 1 is 1.17 bits per heavy atom. The third kappa shape index (κ3) is 3.82. The van der Waals surface area contributed by atoms with E-state index >= 15 is 0 Å². The Labute approximate surface area is 114 Å². The van der Waals surface area contributed by atoms with Crippen LogP contribution < -0.4 is 9.47 Å². The van der Waals surface area contributed by atoms with E-state index in [0.717, 1.165) is 35.9 Å². The molecule has 0 N–H and O–H groups in total. The predicted octanol–water partition coefficient (Wildman–Crippen LogP) is 2.92. The number of likely N-dealkylation sites (N-methyl/N-ethyl adjacent to an activating group) is 1. The second-order valence-electron chi connectivity index (χ2n) is 4.16. The van der Waals surface area contributed by atoms with Crippen molar-refractivity contribution >= 4 is 11.8 Å². The van der Waals surface area contributed by atoms with Crippen LogP contribution in [0.25, 0.3) is 0 Å². The summed E-state index contributed by atoms with van der Waals surface area (Å²) in [5, 5.41) is 0. The van der Waals surface area contributed by atoms with Crippen molar-refractivity contribution in [1.82, 2.24) is 4.90 Å². The first-order chi connectivity index (χ1) is 8.65. The number of nitrogens with zero attached hydrogens (tertiary/aromatic N) is 1. The summed E-state index contributed by atoms with van der Waals surface area (Å²) in [4.78, 5) is 3.40. The van der Waals surface area contributed by atoms with Crippen molar-refractivity contribution in [2.75, 3.05) is 40.6 Å². The van der Waals surface area contributed by atoms with E-state index in [1.807, 2.05) is 6.26 Å². The van der Waals surface area contributed by atoms with Crippen LogP contribution >= 0.6 is 11.8 Å². The van der Waals surface area contributed by atoms with Gasteiger partial charge < -0.3 is 14.4 Å². The molecule has 1 aromatic carbocycles. The van der Waals surface area contributed by atoms with Gasteiger partial charge in [0, 0.05) is 6.54 Å². The minimum Gasteiger partial charge on any atom is -0.496 e. The van der Waals surface area contributed by atoms with Crippen molar-refractivity contribution in [2.24, 2.45) is 0 Å². The molecule has 0 radical (unpaired) electrons. The standard InChI is InChI=1S/C14H23NO2S/c1-6-15(2)8-7-11-9-13(17-4)14(18-5)10-12(11)16-3/h9-10H,6-8H2,1-5H3. The van der Waals surface area contributed by atoms with Crippen LogP contribution in [0.2, 0.25) is 0 Å². The maximum Gasteiger partial charge on any atom is 0.132 e. The largest absolute Gasteiger partial charge is 0.496 e. The van der Waals surface area contributed by atoms with E-state index in [2.05, 4.69) is 31.0 Å². The lowest BCUT2D eigenvalue weighted by molar-refractivity contribution is 0.350. The molecule has 0 amide bonds. The molecule has 1 aromatic rings. The molecule has 3 nitrogen and oxygen atoms in total. The van der Waals surface area contributed by atoms with Gasteiger partial charge in [-0.25, -0.2) is 0 Å². The van der Waals surface area contributed by atoms with Gasteiger partial charge in [0.1, 0.15) is 11.5 Å². The summed E-state index contributed by atoms with van der Waals surface area (Å²) >= 11 is 1.67. The Balaban J connectivity index is 2.94. The van der Waals surface area contributed by atoms with Crippen molar-refractivity contribution in [3.05, 3.63) is 17.7 Å². The highest BCUT2D eigenvalue weighted by Crippen LogP contribution is 2.34. The van der Waals surface area contributed by atoms with Crippen molar-refractivity contribution in [1.29, 1.82) is 0 Å². The maximum absolute atomic E-state index is 5.47. The van der Waals surface area contributed by atoms with E-state index in [4.69, 9.17) is 9.47 Å². The van der Waals surface area contributed by atoms with E-state index in [0.29, 0.717) is 0 Å². The molecule has 0 heterocycles. The first-order valence-corrected chi connectivity index (χ1v) is 7.36. The lowest BCUT2D eigenvalue weighted by Crippen LogP contribution is -2.20. The molecule has 0 bridgehead atoms. The van der Waals surface area contributed by atoms with Crippen LogP contribution in [0.15, 0.2) is 17.0 Å². The summed E-state index contributed by atoms with van der Waals surface area (Å²) in [6.45, 7) is 4.24. The highest BCUT2D eigenvalue weighted by molar-refractivity contribution is 7.98. The summed E-state index contributed by atoms with van der Waals surface area (Å²) in [6, 6.07) is 4.15. The highest BCUT2D eigenvalue weighted by Gasteiger charge is 2.11. The minimum atomic E-state index is 0.928. The summed E-state index contributed by atoms with van der Waals surface area (Å²) in [7, 11) is 5.56. The number of hydrogen-bond acceptors (Lipinski definition) is 4. The van der Waals surface area contributed by atoms with Gasteiger partial charge in [-0.15, -0.1) is 11.8 Å². The molecular weight excluding hydrogens is 246 g/mol. The van der Waals surface area contributed by atoms with Gasteiger partial charge in [0.05, 0.1) is 19.1 Å². The van der Waals surface area contributed by atoms with Gasteiger partial charge in [-0.3, -0.25) is 0 Å². The molecule has 0 spiro atoms. The van der Waals surface area contributed by atoms with Crippen molar-refractivity contribution < 1.29 is 9.47 Å². The summed E-state index contributed by atoms with van der Waals surface area (Å²) < 4.78 is 10.9. The summed E-state index contributed by atoms with van der Waals surface area (Å²) in [5.74, 6) is 1.88. The molecule has 0 aliphatic carbocycles. The van der Waals surface area contributed by atoms with Gasteiger partial charge in [0.25, 0.3) is 0 Å². The molecule has 0 fully saturated rings. The van der Waals surface area contributed by atoms with E-state index in [9.17, 15) is 0 Å². The molecule has 0 aromatic heterocycles. The minimum absolute atomic E-state index is 0.928. The molecular formula is C14H23NO2S. The van der Waals surface area contributed by atoms with Gasteiger partial charge in [0.15, 0.2) is 0 Å². The van der Waals surface area contributed by atoms with Crippen LogP contribution in [-0.2, 0) is 6.42 Å². The molecule has 0 unspecified atom stereocenters. The number of benzene rings is 1. The van der Waals surface area contributed by atoms with Gasteiger partial charge in [-0.2, -0.15) is 0 Å². The van der Waals surface area contributed by atoms with Crippen LogP contribution in [0, 0.1) is 0 Å².